The van der Waals surface area contributed by atoms with Gasteiger partial charge in [-0.3, -0.25) is 0 Å². The molecule has 0 fully saturated rings. The normalized spacial score (nSPS) is 16.6. The second kappa shape index (κ2) is 12.4. The van der Waals surface area contributed by atoms with E-state index >= 15 is 0 Å². The van der Waals surface area contributed by atoms with Crippen LogP contribution < -0.4 is 0 Å². The van der Waals surface area contributed by atoms with Gasteiger partial charge >= 0.3 is 0 Å². The first-order valence-electron chi connectivity index (χ1n) is 20.1. The molecule has 10 aromatic rings. The van der Waals surface area contributed by atoms with Crippen molar-refractivity contribution in [3.05, 3.63) is 205 Å². The minimum absolute atomic E-state index is 0.339. The van der Waals surface area contributed by atoms with Crippen molar-refractivity contribution in [3.63, 3.8) is 0 Å². The van der Waals surface area contributed by atoms with Crippen LogP contribution in [-0.4, -0.2) is 0 Å². The summed E-state index contributed by atoms with van der Waals surface area (Å²) in [6.45, 7) is 0. The highest BCUT2D eigenvalue weighted by atomic mass is 14.4. The van der Waals surface area contributed by atoms with Crippen LogP contribution in [0.15, 0.2) is 194 Å². The quantitative estimate of drug-likeness (QED) is 0.160. The van der Waals surface area contributed by atoms with Crippen molar-refractivity contribution in [3.8, 4) is 22.3 Å². The molecule has 56 heavy (non-hydrogen) atoms. The van der Waals surface area contributed by atoms with Gasteiger partial charge in [-0.15, -0.1) is 0 Å². The zero-order valence-corrected chi connectivity index (χ0v) is 31.0. The molecule has 3 aliphatic carbocycles. The molecule has 2 unspecified atom stereocenters. The Kier molecular flexibility index (Phi) is 6.98. The minimum Gasteiger partial charge on any atom is -0.0725 e. The molecule has 0 aromatic heterocycles. The molecule has 0 radical (unpaired) electrons. The molecule has 0 nitrogen and oxygen atoms in total. The molecule has 0 spiro atoms. The molecule has 13 rings (SSSR count). The maximum absolute atomic E-state index is 2.66. The fourth-order valence-corrected chi connectivity index (χ4v) is 10.4. The maximum Gasteiger partial charge on any atom is 0.00279 e. The first kappa shape index (κ1) is 31.6. The number of allylic oxidation sites excluding steroid dienone is 4. The number of rotatable bonds is 4. The van der Waals surface area contributed by atoms with E-state index < -0.39 is 0 Å². The largest absolute Gasteiger partial charge is 0.0725 e. The van der Waals surface area contributed by atoms with Crippen molar-refractivity contribution >= 4 is 75.8 Å². The van der Waals surface area contributed by atoms with Crippen molar-refractivity contribution < 1.29 is 0 Å². The van der Waals surface area contributed by atoms with E-state index in [4.69, 9.17) is 0 Å². The summed E-state index contributed by atoms with van der Waals surface area (Å²) in [5.41, 5.74) is 11.0. The van der Waals surface area contributed by atoms with Crippen molar-refractivity contribution in [1.29, 1.82) is 0 Å². The van der Waals surface area contributed by atoms with E-state index in [2.05, 4.69) is 194 Å². The van der Waals surface area contributed by atoms with E-state index in [-0.39, 0.29) is 0 Å². The molecule has 10 aromatic carbocycles. The first-order chi connectivity index (χ1) is 27.8. The van der Waals surface area contributed by atoms with Gasteiger partial charge in [-0.05, 0) is 134 Å². The van der Waals surface area contributed by atoms with E-state index in [9.17, 15) is 0 Å². The molecule has 0 N–H and O–H groups in total. The molecule has 2 atom stereocenters. The molecule has 0 heteroatoms. The van der Waals surface area contributed by atoms with Crippen LogP contribution in [0.2, 0.25) is 0 Å². The highest BCUT2D eigenvalue weighted by molar-refractivity contribution is 6.22. The Bertz CT molecular complexity index is 2980. The fourth-order valence-electron chi connectivity index (χ4n) is 10.4. The Morgan fingerprint density at radius 2 is 0.554 bits per heavy atom. The minimum atomic E-state index is 0.339. The van der Waals surface area contributed by atoms with E-state index in [1.54, 1.807) is 0 Å². The van der Waals surface area contributed by atoms with Gasteiger partial charge in [0.05, 0.1) is 0 Å². The van der Waals surface area contributed by atoms with Crippen molar-refractivity contribution in [2.75, 3.05) is 0 Å². The molecule has 2 bridgehead atoms. The smallest absolute Gasteiger partial charge is 0.00279 e. The third kappa shape index (κ3) is 4.72. The molecule has 262 valence electrons. The lowest BCUT2D eigenvalue weighted by Crippen LogP contribution is -2.21. The first-order valence-corrected chi connectivity index (χ1v) is 20.1. The number of fused-ring (bicyclic) bond motifs is 7. The monoisotopic (exact) mass is 710 g/mol. The van der Waals surface area contributed by atoms with Crippen LogP contribution in [0.3, 0.4) is 0 Å². The summed E-state index contributed by atoms with van der Waals surface area (Å²) in [4.78, 5) is 0. The Morgan fingerprint density at radius 1 is 0.268 bits per heavy atom. The molecular weight excluding hydrogens is 673 g/mol. The van der Waals surface area contributed by atoms with Gasteiger partial charge in [0.25, 0.3) is 0 Å². The van der Waals surface area contributed by atoms with Gasteiger partial charge in [0.1, 0.15) is 0 Å². The van der Waals surface area contributed by atoms with Gasteiger partial charge in [0.15, 0.2) is 0 Å². The summed E-state index contributed by atoms with van der Waals surface area (Å²) in [7, 11) is 0. The zero-order valence-electron chi connectivity index (χ0n) is 31.0. The maximum atomic E-state index is 2.66. The molecule has 0 heterocycles. The van der Waals surface area contributed by atoms with E-state index in [1.807, 2.05) is 0 Å². The van der Waals surface area contributed by atoms with Crippen LogP contribution in [0.1, 0.15) is 24.0 Å². The van der Waals surface area contributed by atoms with Crippen LogP contribution in [0.25, 0.3) is 98.0 Å². The summed E-state index contributed by atoms with van der Waals surface area (Å²) in [6, 6.07) is 67.9. The van der Waals surface area contributed by atoms with Crippen LogP contribution in [0.5, 0.6) is 0 Å². The van der Waals surface area contributed by atoms with E-state index in [0.29, 0.717) is 11.8 Å². The third-order valence-electron chi connectivity index (χ3n) is 12.9. The summed E-state index contributed by atoms with van der Waals surface area (Å²) < 4.78 is 0. The standard InChI is InChI=1S/C56H38/c1-3-15-37-31-41(29-25-35(37)13-1)53-43-17-5-9-21-47(43)55(48-22-10-6-18-44(48)53)51-33-40-28-27-39(51)34-52(40)56-49-23-11-7-19-45(49)54(46-20-8-12-24-50(46)56)42-30-26-36-14-2-4-16-38(36)32-42/h1-26,29-34,39-40H,27-28H2. The third-order valence-corrected chi connectivity index (χ3v) is 12.9. The topological polar surface area (TPSA) is 0 Å². The molecular formula is C56H38. The molecule has 3 aliphatic rings. The summed E-state index contributed by atoms with van der Waals surface area (Å²) >= 11 is 0. The lowest BCUT2D eigenvalue weighted by Gasteiger charge is -2.37. The van der Waals surface area contributed by atoms with Crippen LogP contribution >= 0.6 is 0 Å². The SMILES string of the molecule is C1=C(c2c3ccccc3c(-c3ccc4ccccc4c3)c3ccccc23)C2C=C(c3c4ccccc4c(-c4ccc5ccccc5c4)c4ccccc34)C1CC2. The van der Waals surface area contributed by atoms with E-state index in [0.717, 1.165) is 0 Å². The summed E-state index contributed by atoms with van der Waals surface area (Å²) in [5.74, 6) is 0.678. The molecule has 0 saturated carbocycles. The average Bonchev–Trinajstić information content (AvgIpc) is 3.27. The second-order valence-electron chi connectivity index (χ2n) is 15.8. The fraction of sp³-hybridized carbons (Fsp3) is 0.0714. The Balaban J connectivity index is 1.05. The lowest BCUT2D eigenvalue weighted by molar-refractivity contribution is 0.558. The molecule has 0 aliphatic heterocycles. The number of hydrogen-bond acceptors (Lipinski definition) is 0. The molecule has 0 amide bonds. The van der Waals surface area contributed by atoms with Crippen LogP contribution in [-0.2, 0) is 0 Å². The number of hydrogen-bond donors (Lipinski definition) is 0. The van der Waals surface area contributed by atoms with Gasteiger partial charge in [0.2, 0.25) is 0 Å². The summed E-state index contributed by atoms with van der Waals surface area (Å²) in [5, 5.41) is 15.8. The zero-order chi connectivity index (χ0) is 36.7. The predicted octanol–water partition coefficient (Wildman–Crippen LogP) is 15.4. The van der Waals surface area contributed by atoms with Gasteiger partial charge in [-0.1, -0.05) is 182 Å². The van der Waals surface area contributed by atoms with Crippen LogP contribution in [0.4, 0.5) is 0 Å². The van der Waals surface area contributed by atoms with E-state index in [1.165, 1.54) is 122 Å². The van der Waals surface area contributed by atoms with Crippen molar-refractivity contribution in [2.24, 2.45) is 11.8 Å². The predicted molar refractivity (Wildman–Crippen MR) is 241 cm³/mol. The van der Waals surface area contributed by atoms with Gasteiger partial charge in [-0.25, -0.2) is 0 Å². The van der Waals surface area contributed by atoms with Crippen molar-refractivity contribution in [1.82, 2.24) is 0 Å². The van der Waals surface area contributed by atoms with Crippen molar-refractivity contribution in [2.45, 2.75) is 12.8 Å². The highest BCUT2D eigenvalue weighted by Gasteiger charge is 2.34. The van der Waals surface area contributed by atoms with Gasteiger partial charge in [0, 0.05) is 11.8 Å². The highest BCUT2D eigenvalue weighted by Crippen LogP contribution is 2.54. The van der Waals surface area contributed by atoms with Gasteiger partial charge < -0.3 is 0 Å². The summed E-state index contributed by atoms with van der Waals surface area (Å²) in [6.07, 6.45) is 7.66. The Morgan fingerprint density at radius 3 is 0.875 bits per heavy atom. The molecule has 0 saturated heterocycles. The van der Waals surface area contributed by atoms with Gasteiger partial charge in [-0.2, -0.15) is 0 Å². The Hall–Kier alpha value is -6.76. The second-order valence-corrected chi connectivity index (χ2v) is 15.8. The van der Waals surface area contributed by atoms with Crippen LogP contribution in [0, 0.1) is 11.8 Å². The average molecular weight is 711 g/mol. The Labute approximate surface area is 326 Å². The lowest BCUT2D eigenvalue weighted by atomic mass is 9.67. The number of benzene rings is 10.